The van der Waals surface area contributed by atoms with E-state index in [-0.39, 0.29) is 17.0 Å². The van der Waals surface area contributed by atoms with Gasteiger partial charge in [0.25, 0.3) is 0 Å². The number of hydrogen-bond donors (Lipinski definition) is 3. The second-order valence-corrected chi connectivity index (χ2v) is 7.14. The van der Waals surface area contributed by atoms with Crippen molar-refractivity contribution in [1.29, 1.82) is 0 Å². The van der Waals surface area contributed by atoms with Crippen LogP contribution in [0.5, 0.6) is 5.75 Å². The van der Waals surface area contributed by atoms with Crippen LogP contribution in [-0.4, -0.2) is 20.3 Å². The summed E-state index contributed by atoms with van der Waals surface area (Å²) in [7, 11) is 0. The van der Waals surface area contributed by atoms with Crippen molar-refractivity contribution in [2.75, 3.05) is 5.32 Å². The predicted molar refractivity (Wildman–Crippen MR) is 113 cm³/mol. The third-order valence-electron chi connectivity index (χ3n) is 4.99. The molecule has 0 amide bonds. The number of phenolic OH excluding ortho intramolecular Hbond substituents is 1. The smallest absolute Gasteiger partial charge is 0.434 e. The number of aromatic amines is 1. The molecule has 154 valence electrons. The van der Waals surface area contributed by atoms with Gasteiger partial charge in [0.15, 0.2) is 5.69 Å². The van der Waals surface area contributed by atoms with Crippen LogP contribution in [0.15, 0.2) is 72.9 Å². The molecular weight excluding hydrogens is 405 g/mol. The lowest BCUT2D eigenvalue weighted by atomic mass is 9.99. The molecule has 0 aliphatic heterocycles. The molecule has 0 aliphatic carbocycles. The van der Waals surface area contributed by atoms with Crippen molar-refractivity contribution in [2.24, 2.45) is 0 Å². The Morgan fingerprint density at radius 3 is 2.48 bits per heavy atom. The fourth-order valence-electron chi connectivity index (χ4n) is 3.56. The highest BCUT2D eigenvalue weighted by atomic mass is 19.4. The van der Waals surface area contributed by atoms with Crippen molar-refractivity contribution in [2.45, 2.75) is 6.18 Å². The van der Waals surface area contributed by atoms with E-state index >= 15 is 0 Å². The molecule has 5 rings (SSSR count). The third kappa shape index (κ3) is 3.63. The Morgan fingerprint density at radius 1 is 0.871 bits per heavy atom. The van der Waals surface area contributed by atoms with Crippen LogP contribution in [0.1, 0.15) is 5.69 Å². The largest absolute Gasteiger partial charge is 0.508 e. The van der Waals surface area contributed by atoms with Gasteiger partial charge in [0.2, 0.25) is 0 Å². The fourth-order valence-corrected chi connectivity index (χ4v) is 3.56. The Hall–Kier alpha value is -4.07. The summed E-state index contributed by atoms with van der Waals surface area (Å²) in [4.78, 5) is 3.84. The summed E-state index contributed by atoms with van der Waals surface area (Å²) in [5.41, 5.74) is 1.75. The van der Waals surface area contributed by atoms with Crippen LogP contribution in [0.3, 0.4) is 0 Å². The van der Waals surface area contributed by atoms with E-state index in [0.29, 0.717) is 16.6 Å². The van der Waals surface area contributed by atoms with Crippen molar-refractivity contribution in [3.8, 4) is 16.9 Å². The van der Waals surface area contributed by atoms with Crippen molar-refractivity contribution in [3.05, 3.63) is 78.6 Å². The van der Waals surface area contributed by atoms with E-state index < -0.39 is 11.9 Å². The number of rotatable bonds is 3. The number of halogens is 3. The molecule has 2 heterocycles. The first-order chi connectivity index (χ1) is 14.9. The first-order valence-electron chi connectivity index (χ1n) is 9.38. The van der Waals surface area contributed by atoms with Gasteiger partial charge in [-0.05, 0) is 52.9 Å². The van der Waals surface area contributed by atoms with Gasteiger partial charge in [-0.3, -0.25) is 5.10 Å². The Labute approximate surface area is 174 Å². The summed E-state index contributed by atoms with van der Waals surface area (Å²) in [6, 6.07) is 18.1. The average Bonchev–Trinajstić information content (AvgIpc) is 3.20. The zero-order chi connectivity index (χ0) is 21.6. The third-order valence-corrected chi connectivity index (χ3v) is 4.99. The normalized spacial score (nSPS) is 11.8. The van der Waals surface area contributed by atoms with Crippen molar-refractivity contribution >= 4 is 33.2 Å². The van der Waals surface area contributed by atoms with E-state index in [1.165, 1.54) is 18.2 Å². The van der Waals surface area contributed by atoms with E-state index in [9.17, 15) is 18.3 Å². The lowest BCUT2D eigenvalue weighted by Gasteiger charge is -2.14. The van der Waals surface area contributed by atoms with E-state index in [1.807, 2.05) is 18.2 Å². The van der Waals surface area contributed by atoms with Crippen molar-refractivity contribution in [1.82, 2.24) is 15.2 Å². The number of H-pyrrole nitrogens is 1. The number of aromatic nitrogens is 3. The topological polar surface area (TPSA) is 73.8 Å². The molecular formula is C23H15F3N4O. The minimum Gasteiger partial charge on any atom is -0.508 e. The Balaban J connectivity index is 1.63. The van der Waals surface area contributed by atoms with Crippen LogP contribution < -0.4 is 5.32 Å². The average molecular weight is 420 g/mol. The van der Waals surface area contributed by atoms with Gasteiger partial charge in [-0.25, -0.2) is 4.98 Å². The van der Waals surface area contributed by atoms with Crippen molar-refractivity contribution in [3.63, 3.8) is 0 Å². The molecule has 2 aromatic heterocycles. The van der Waals surface area contributed by atoms with E-state index in [1.54, 1.807) is 36.5 Å². The molecule has 0 saturated heterocycles. The molecule has 5 aromatic rings. The molecule has 0 unspecified atom stereocenters. The monoisotopic (exact) mass is 420 g/mol. The number of fused-ring (bicyclic) bond motifs is 2. The zero-order valence-corrected chi connectivity index (χ0v) is 15.9. The number of pyridine rings is 1. The molecule has 3 aromatic carbocycles. The van der Waals surface area contributed by atoms with Gasteiger partial charge >= 0.3 is 6.18 Å². The molecule has 0 saturated carbocycles. The molecule has 0 fully saturated rings. The fraction of sp³-hybridized carbons (Fsp3) is 0.0435. The minimum absolute atomic E-state index is 0.000988. The van der Waals surface area contributed by atoms with E-state index in [0.717, 1.165) is 16.5 Å². The van der Waals surface area contributed by atoms with Crippen LogP contribution in [-0.2, 0) is 6.18 Å². The second kappa shape index (κ2) is 7.02. The van der Waals surface area contributed by atoms with Gasteiger partial charge < -0.3 is 10.4 Å². The summed E-state index contributed by atoms with van der Waals surface area (Å²) in [6.07, 6.45) is -2.97. The van der Waals surface area contributed by atoms with Gasteiger partial charge in [-0.1, -0.05) is 24.3 Å². The molecule has 5 nitrogen and oxygen atoms in total. The molecule has 0 aliphatic rings. The van der Waals surface area contributed by atoms with Crippen molar-refractivity contribution < 1.29 is 18.3 Å². The Bertz CT molecular complexity index is 1430. The number of nitrogens with zero attached hydrogens (tertiary/aromatic N) is 2. The number of aromatic hydroxyl groups is 1. The molecule has 0 radical (unpaired) electrons. The molecule has 0 atom stereocenters. The predicted octanol–water partition coefficient (Wildman–Crippen LogP) is 6.25. The zero-order valence-electron chi connectivity index (χ0n) is 15.9. The first-order valence-corrected chi connectivity index (χ1v) is 9.38. The van der Waals surface area contributed by atoms with Gasteiger partial charge in [-0.15, -0.1) is 0 Å². The maximum Gasteiger partial charge on any atom is 0.434 e. The second-order valence-electron chi connectivity index (χ2n) is 7.14. The van der Waals surface area contributed by atoms with Crippen LogP contribution in [0.2, 0.25) is 0 Å². The molecule has 0 bridgehead atoms. The lowest BCUT2D eigenvalue weighted by molar-refractivity contribution is -0.139. The number of phenols is 1. The standard InChI is InChI=1S/C23H15F3N4O/c24-23(25,26)22-19-9-14(13-6-7-20-16(8-13)12-27-30-20)4-5-15(19)10-21(29-22)28-17-2-1-3-18(31)11-17/h1-12,31H,(H,27,30)(H,28,29). The summed E-state index contributed by atoms with van der Waals surface area (Å²) < 4.78 is 41.6. The quantitative estimate of drug-likeness (QED) is 0.323. The molecule has 0 spiro atoms. The summed E-state index contributed by atoms with van der Waals surface area (Å²) in [6.45, 7) is 0. The maximum atomic E-state index is 13.9. The van der Waals surface area contributed by atoms with Crippen LogP contribution in [0.4, 0.5) is 24.7 Å². The lowest BCUT2D eigenvalue weighted by Crippen LogP contribution is -2.10. The molecule has 31 heavy (non-hydrogen) atoms. The Kier molecular flexibility index (Phi) is 4.28. The maximum absolute atomic E-state index is 13.9. The number of hydrogen-bond acceptors (Lipinski definition) is 4. The highest BCUT2D eigenvalue weighted by Crippen LogP contribution is 2.37. The summed E-state index contributed by atoms with van der Waals surface area (Å²) >= 11 is 0. The van der Waals surface area contributed by atoms with Gasteiger partial charge in [0, 0.05) is 22.5 Å². The van der Waals surface area contributed by atoms with E-state index in [2.05, 4.69) is 20.5 Å². The van der Waals surface area contributed by atoms with Crippen LogP contribution >= 0.6 is 0 Å². The SMILES string of the molecule is Oc1cccc(Nc2cc3ccc(-c4ccc5[nH]ncc5c4)cc3c(C(F)(F)F)n2)c1. The molecule has 8 heteroatoms. The summed E-state index contributed by atoms with van der Waals surface area (Å²) in [5, 5.41) is 20.5. The summed E-state index contributed by atoms with van der Waals surface area (Å²) in [5.74, 6) is 0.0408. The molecule has 3 N–H and O–H groups in total. The van der Waals surface area contributed by atoms with Gasteiger partial charge in [0.05, 0.1) is 11.7 Å². The van der Waals surface area contributed by atoms with Crippen LogP contribution in [0.25, 0.3) is 32.8 Å². The first kappa shape index (κ1) is 18.9. The number of alkyl halides is 3. The highest BCUT2D eigenvalue weighted by Gasteiger charge is 2.35. The Morgan fingerprint density at radius 2 is 1.68 bits per heavy atom. The van der Waals surface area contributed by atoms with Gasteiger partial charge in [-0.2, -0.15) is 18.3 Å². The number of benzene rings is 3. The van der Waals surface area contributed by atoms with Gasteiger partial charge in [0.1, 0.15) is 11.6 Å². The highest BCUT2D eigenvalue weighted by molar-refractivity contribution is 5.93. The van der Waals surface area contributed by atoms with Crippen LogP contribution in [0, 0.1) is 0 Å². The number of nitrogens with one attached hydrogen (secondary N) is 2. The van der Waals surface area contributed by atoms with E-state index in [4.69, 9.17) is 0 Å². The minimum atomic E-state index is -4.64. The number of anilines is 2.